The predicted octanol–water partition coefficient (Wildman–Crippen LogP) is 3.79. The van der Waals surface area contributed by atoms with Gasteiger partial charge in [-0.3, -0.25) is 4.68 Å². The third kappa shape index (κ3) is 3.41. The summed E-state index contributed by atoms with van der Waals surface area (Å²) in [7, 11) is 0. The lowest BCUT2D eigenvalue weighted by Gasteiger charge is -2.14. The maximum atomic E-state index is 13.2. The van der Waals surface area contributed by atoms with E-state index in [1.54, 1.807) is 17.8 Å². The number of nitrogens with one attached hydrogen (secondary N) is 2. The van der Waals surface area contributed by atoms with Gasteiger partial charge in [-0.15, -0.1) is 0 Å². The van der Waals surface area contributed by atoms with Gasteiger partial charge in [-0.2, -0.15) is 28.5 Å². The van der Waals surface area contributed by atoms with Crippen LogP contribution in [0.15, 0.2) is 12.4 Å². The zero-order chi connectivity index (χ0) is 19.4. The quantitative estimate of drug-likeness (QED) is 0.824. The van der Waals surface area contributed by atoms with E-state index < -0.39 is 17.2 Å². The molecule has 2 aliphatic rings. The predicted molar refractivity (Wildman–Crippen MR) is 91.3 cm³/mol. The van der Waals surface area contributed by atoms with Crippen LogP contribution in [-0.2, 0) is 6.18 Å². The number of aryl methyl sites for hydroxylation is 1. The molecule has 10 heteroatoms. The van der Waals surface area contributed by atoms with Crippen LogP contribution in [-0.4, -0.2) is 25.8 Å². The number of hydrogen-bond acceptors (Lipinski definition) is 6. The zero-order valence-corrected chi connectivity index (χ0v) is 14.8. The van der Waals surface area contributed by atoms with Gasteiger partial charge in [-0.25, -0.2) is 4.98 Å². The zero-order valence-electron chi connectivity index (χ0n) is 14.8. The highest BCUT2D eigenvalue weighted by Gasteiger charge is 2.53. The Morgan fingerprint density at radius 2 is 2.11 bits per heavy atom. The summed E-state index contributed by atoms with van der Waals surface area (Å²) in [5.74, 6) is -0.153. The highest BCUT2D eigenvalue weighted by molar-refractivity contribution is 5.58. The van der Waals surface area contributed by atoms with Crippen molar-refractivity contribution in [3.05, 3.63) is 23.7 Å². The van der Waals surface area contributed by atoms with Crippen LogP contribution < -0.4 is 10.6 Å². The molecule has 142 valence electrons. The summed E-state index contributed by atoms with van der Waals surface area (Å²) in [6.07, 6.45) is 0.371. The van der Waals surface area contributed by atoms with E-state index in [1.807, 2.05) is 6.92 Å². The van der Waals surface area contributed by atoms with E-state index in [0.29, 0.717) is 11.4 Å². The molecule has 0 radical (unpaired) electrons. The fraction of sp³-hybridized carbons (Fsp3) is 0.529. The smallest absolute Gasteiger partial charge is 0.367 e. The SMILES string of the molecule is Cc1nn(C2C[C@@]2(C)C#N)cc1Nc1ncc(C(F)(F)F)c(NC2CC2)n1. The molecule has 2 saturated carbocycles. The first-order valence-corrected chi connectivity index (χ1v) is 8.64. The molecular weight excluding hydrogens is 359 g/mol. The Kier molecular flexibility index (Phi) is 3.80. The van der Waals surface area contributed by atoms with Crippen molar-refractivity contribution < 1.29 is 13.2 Å². The van der Waals surface area contributed by atoms with Crippen molar-refractivity contribution in [2.24, 2.45) is 5.41 Å². The van der Waals surface area contributed by atoms with E-state index in [1.165, 1.54) is 0 Å². The number of rotatable bonds is 5. The summed E-state index contributed by atoms with van der Waals surface area (Å²) in [6, 6.07) is 2.30. The van der Waals surface area contributed by atoms with Gasteiger partial charge in [0.1, 0.15) is 11.4 Å². The van der Waals surface area contributed by atoms with E-state index in [9.17, 15) is 18.4 Å². The van der Waals surface area contributed by atoms with Crippen LogP contribution >= 0.6 is 0 Å². The molecule has 4 rings (SSSR count). The first kappa shape index (κ1) is 17.6. The number of nitrogens with zero attached hydrogens (tertiary/aromatic N) is 5. The van der Waals surface area contributed by atoms with Crippen molar-refractivity contribution in [1.29, 1.82) is 5.26 Å². The molecule has 0 amide bonds. The van der Waals surface area contributed by atoms with E-state index >= 15 is 0 Å². The Hall–Kier alpha value is -2.83. The molecule has 2 atom stereocenters. The van der Waals surface area contributed by atoms with Crippen LogP contribution in [0.3, 0.4) is 0 Å². The molecule has 7 nitrogen and oxygen atoms in total. The van der Waals surface area contributed by atoms with Crippen LogP contribution in [0.25, 0.3) is 0 Å². The standard InChI is InChI=1S/C17H18F3N7/c1-9-12(7-27(26-9)13-5-16(13,2)8-21)24-15-22-6-11(17(18,19)20)14(25-15)23-10-3-4-10/h6-7,10,13H,3-5H2,1-2H3,(H2,22,23,24,25)/t13?,16-/m0/s1. The summed E-state index contributed by atoms with van der Waals surface area (Å²) < 4.78 is 41.2. The van der Waals surface area contributed by atoms with Crippen molar-refractivity contribution >= 4 is 17.5 Å². The van der Waals surface area contributed by atoms with Crippen molar-refractivity contribution in [2.75, 3.05) is 10.6 Å². The third-order valence-corrected chi connectivity index (χ3v) is 4.94. The molecule has 2 aliphatic carbocycles. The average molecular weight is 377 g/mol. The lowest BCUT2D eigenvalue weighted by molar-refractivity contribution is -0.137. The molecule has 2 heterocycles. The molecule has 2 N–H and O–H groups in total. The molecular formula is C17H18F3N7. The monoisotopic (exact) mass is 377 g/mol. The second-order valence-corrected chi connectivity index (χ2v) is 7.35. The molecule has 0 aliphatic heterocycles. The van der Waals surface area contributed by atoms with E-state index in [4.69, 9.17) is 0 Å². The molecule has 1 unspecified atom stereocenters. The second-order valence-electron chi connectivity index (χ2n) is 7.35. The summed E-state index contributed by atoms with van der Waals surface area (Å²) in [6.45, 7) is 3.65. The van der Waals surface area contributed by atoms with Crippen molar-refractivity contribution in [2.45, 2.75) is 51.4 Å². The summed E-state index contributed by atoms with van der Waals surface area (Å²) in [5.41, 5.74) is -0.0566. The molecule has 0 saturated heterocycles. The van der Waals surface area contributed by atoms with Crippen LogP contribution in [0.4, 0.5) is 30.6 Å². The molecule has 2 aromatic rings. The van der Waals surface area contributed by atoms with Gasteiger partial charge >= 0.3 is 6.18 Å². The normalized spacial score (nSPS) is 24.4. The Morgan fingerprint density at radius 3 is 2.70 bits per heavy atom. The van der Waals surface area contributed by atoms with Gasteiger partial charge in [0.2, 0.25) is 5.95 Å². The third-order valence-electron chi connectivity index (χ3n) is 4.94. The number of alkyl halides is 3. The number of hydrogen-bond donors (Lipinski definition) is 2. The number of halogens is 3. The molecule has 0 aromatic carbocycles. The summed E-state index contributed by atoms with van der Waals surface area (Å²) in [4.78, 5) is 7.84. The van der Waals surface area contributed by atoms with Crippen LogP contribution in [0, 0.1) is 23.7 Å². The molecule has 0 bridgehead atoms. The Balaban J connectivity index is 1.58. The number of nitriles is 1. The summed E-state index contributed by atoms with van der Waals surface area (Å²) in [5, 5.41) is 19.3. The lowest BCUT2D eigenvalue weighted by atomic mass is 10.2. The van der Waals surface area contributed by atoms with Crippen molar-refractivity contribution in [3.63, 3.8) is 0 Å². The van der Waals surface area contributed by atoms with Gasteiger partial charge in [-0.05, 0) is 33.1 Å². The lowest BCUT2D eigenvalue weighted by Crippen LogP contribution is -2.15. The minimum absolute atomic E-state index is 0.00244. The maximum Gasteiger partial charge on any atom is 0.421 e. The maximum absolute atomic E-state index is 13.2. The molecule has 27 heavy (non-hydrogen) atoms. The summed E-state index contributed by atoms with van der Waals surface area (Å²) >= 11 is 0. The fourth-order valence-corrected chi connectivity index (χ4v) is 2.91. The van der Waals surface area contributed by atoms with Gasteiger partial charge in [0.05, 0.1) is 28.9 Å². The molecule has 0 spiro atoms. The van der Waals surface area contributed by atoms with Gasteiger partial charge in [0.25, 0.3) is 0 Å². The first-order chi connectivity index (χ1) is 12.7. The van der Waals surface area contributed by atoms with E-state index in [2.05, 4.69) is 31.8 Å². The Labute approximate surface area is 153 Å². The van der Waals surface area contributed by atoms with Gasteiger partial charge in [0, 0.05) is 18.4 Å². The molecule has 2 fully saturated rings. The van der Waals surface area contributed by atoms with Gasteiger partial charge in [0.15, 0.2) is 0 Å². The second kappa shape index (κ2) is 5.84. The minimum Gasteiger partial charge on any atom is -0.367 e. The highest BCUT2D eigenvalue weighted by atomic mass is 19.4. The Bertz CT molecular complexity index is 926. The van der Waals surface area contributed by atoms with Crippen molar-refractivity contribution in [3.8, 4) is 6.07 Å². The van der Waals surface area contributed by atoms with Crippen LogP contribution in [0.5, 0.6) is 0 Å². The van der Waals surface area contributed by atoms with E-state index in [-0.39, 0.29) is 23.8 Å². The molecule has 2 aromatic heterocycles. The van der Waals surface area contributed by atoms with Gasteiger partial charge < -0.3 is 10.6 Å². The Morgan fingerprint density at radius 1 is 1.37 bits per heavy atom. The largest absolute Gasteiger partial charge is 0.421 e. The number of anilines is 3. The minimum atomic E-state index is -4.52. The fourth-order valence-electron chi connectivity index (χ4n) is 2.91. The number of aromatic nitrogens is 4. The first-order valence-electron chi connectivity index (χ1n) is 8.64. The topological polar surface area (TPSA) is 91.5 Å². The van der Waals surface area contributed by atoms with Gasteiger partial charge in [-0.1, -0.05) is 0 Å². The van der Waals surface area contributed by atoms with E-state index in [0.717, 1.165) is 25.5 Å². The van der Waals surface area contributed by atoms with Crippen LogP contribution in [0.1, 0.15) is 43.5 Å². The highest BCUT2D eigenvalue weighted by Crippen LogP contribution is 2.55. The van der Waals surface area contributed by atoms with Crippen molar-refractivity contribution in [1.82, 2.24) is 19.7 Å². The van der Waals surface area contributed by atoms with Crippen LogP contribution in [0.2, 0.25) is 0 Å². The average Bonchev–Trinajstić information content (AvgIpc) is 3.49.